The average molecular weight is 308 g/mol. The van der Waals surface area contributed by atoms with Gasteiger partial charge in [0.2, 0.25) is 0 Å². The quantitative estimate of drug-likeness (QED) is 0.934. The molecule has 2 atom stereocenters. The second-order valence-electron chi connectivity index (χ2n) is 6.93. The van der Waals surface area contributed by atoms with Crippen molar-refractivity contribution in [1.29, 1.82) is 0 Å². The number of amides is 1. The van der Waals surface area contributed by atoms with Gasteiger partial charge in [0.15, 0.2) is 0 Å². The standard InChI is InChI=1S/C17H25FN2O2/c1-17(2,3)22-16(21)20-9-8-13(11-20)15(19)10-12-6-4-5-7-14(12)18/h4-7,13,15H,8-11,19H2,1-3H3. The zero-order valence-electron chi connectivity index (χ0n) is 13.5. The zero-order valence-corrected chi connectivity index (χ0v) is 13.5. The predicted octanol–water partition coefficient (Wildman–Crippen LogP) is 2.95. The fourth-order valence-electron chi connectivity index (χ4n) is 2.71. The number of carbonyl (C=O) groups excluding carboxylic acids is 1. The van der Waals surface area contributed by atoms with Crippen molar-refractivity contribution in [2.45, 2.75) is 45.3 Å². The number of nitrogens with two attached hydrogens (primary N) is 1. The number of carbonyl (C=O) groups is 1. The summed E-state index contributed by atoms with van der Waals surface area (Å²) in [6.45, 7) is 6.77. The number of halogens is 1. The third-order valence-electron chi connectivity index (χ3n) is 3.90. The molecule has 2 N–H and O–H groups in total. The Labute approximate surface area is 131 Å². The fourth-order valence-corrected chi connectivity index (χ4v) is 2.71. The van der Waals surface area contributed by atoms with Crippen LogP contribution >= 0.6 is 0 Å². The summed E-state index contributed by atoms with van der Waals surface area (Å²) < 4.78 is 19.1. The molecular weight excluding hydrogens is 283 g/mol. The van der Waals surface area contributed by atoms with Gasteiger partial charge in [-0.15, -0.1) is 0 Å². The van der Waals surface area contributed by atoms with Crippen LogP contribution in [0.25, 0.3) is 0 Å². The highest BCUT2D eigenvalue weighted by molar-refractivity contribution is 5.68. The van der Waals surface area contributed by atoms with Crippen LogP contribution in [0.1, 0.15) is 32.8 Å². The highest BCUT2D eigenvalue weighted by Crippen LogP contribution is 2.23. The van der Waals surface area contributed by atoms with Crippen LogP contribution in [0.3, 0.4) is 0 Å². The van der Waals surface area contributed by atoms with Gasteiger partial charge in [-0.2, -0.15) is 0 Å². The smallest absolute Gasteiger partial charge is 0.410 e. The van der Waals surface area contributed by atoms with Crippen LogP contribution in [0.4, 0.5) is 9.18 Å². The van der Waals surface area contributed by atoms with Crippen molar-refractivity contribution < 1.29 is 13.9 Å². The van der Waals surface area contributed by atoms with Gasteiger partial charge < -0.3 is 15.4 Å². The summed E-state index contributed by atoms with van der Waals surface area (Å²) in [6.07, 6.45) is 1.02. The van der Waals surface area contributed by atoms with Gasteiger partial charge in [-0.05, 0) is 51.2 Å². The lowest BCUT2D eigenvalue weighted by Gasteiger charge is -2.25. The molecule has 0 spiro atoms. The van der Waals surface area contributed by atoms with Crippen LogP contribution in [0, 0.1) is 11.7 Å². The van der Waals surface area contributed by atoms with Gasteiger partial charge in [0, 0.05) is 19.1 Å². The van der Waals surface area contributed by atoms with Crippen LogP contribution in [-0.2, 0) is 11.2 Å². The number of ether oxygens (including phenoxy) is 1. The Morgan fingerprint density at radius 1 is 1.45 bits per heavy atom. The van der Waals surface area contributed by atoms with E-state index in [2.05, 4.69) is 0 Å². The Bertz CT molecular complexity index is 528. The molecule has 1 aliphatic rings. The molecule has 22 heavy (non-hydrogen) atoms. The molecule has 1 aromatic rings. The minimum absolute atomic E-state index is 0.163. The van der Waals surface area contributed by atoms with E-state index in [1.165, 1.54) is 6.07 Å². The van der Waals surface area contributed by atoms with Crippen LogP contribution in [0.5, 0.6) is 0 Å². The normalized spacial score (nSPS) is 20.0. The maximum Gasteiger partial charge on any atom is 0.410 e. The highest BCUT2D eigenvalue weighted by Gasteiger charge is 2.32. The molecule has 1 aliphatic heterocycles. The largest absolute Gasteiger partial charge is 0.444 e. The zero-order chi connectivity index (χ0) is 16.3. The summed E-state index contributed by atoms with van der Waals surface area (Å²) in [5.74, 6) is -0.0490. The lowest BCUT2D eigenvalue weighted by molar-refractivity contribution is 0.0286. The Balaban J connectivity index is 1.90. The van der Waals surface area contributed by atoms with E-state index >= 15 is 0 Å². The topological polar surface area (TPSA) is 55.6 Å². The first kappa shape index (κ1) is 16.7. The summed E-state index contributed by atoms with van der Waals surface area (Å²) in [4.78, 5) is 13.7. The minimum atomic E-state index is -0.496. The first-order valence-corrected chi connectivity index (χ1v) is 7.73. The fraction of sp³-hybridized carbons (Fsp3) is 0.588. The molecule has 5 heteroatoms. The van der Waals surface area contributed by atoms with E-state index in [0.717, 1.165) is 6.42 Å². The third-order valence-corrected chi connectivity index (χ3v) is 3.90. The molecule has 122 valence electrons. The molecule has 2 unspecified atom stereocenters. The van der Waals surface area contributed by atoms with Crippen LogP contribution in [0.2, 0.25) is 0 Å². The first-order chi connectivity index (χ1) is 10.3. The maximum atomic E-state index is 13.7. The van der Waals surface area contributed by atoms with E-state index in [1.54, 1.807) is 17.0 Å². The van der Waals surface area contributed by atoms with Crippen molar-refractivity contribution in [3.63, 3.8) is 0 Å². The number of hydrogen-bond donors (Lipinski definition) is 1. The molecule has 0 aliphatic carbocycles. The summed E-state index contributed by atoms with van der Waals surface area (Å²) in [5.41, 5.74) is 6.36. The Morgan fingerprint density at radius 3 is 2.77 bits per heavy atom. The lowest BCUT2D eigenvalue weighted by atomic mass is 9.93. The number of nitrogens with zero attached hydrogens (tertiary/aromatic N) is 1. The molecular formula is C17H25FN2O2. The van der Waals surface area contributed by atoms with Gasteiger partial charge in [0.05, 0.1) is 0 Å². The first-order valence-electron chi connectivity index (χ1n) is 7.73. The van der Waals surface area contributed by atoms with E-state index in [0.29, 0.717) is 25.1 Å². The molecule has 2 rings (SSSR count). The molecule has 1 heterocycles. The maximum absolute atomic E-state index is 13.7. The predicted molar refractivity (Wildman–Crippen MR) is 84.0 cm³/mol. The van der Waals surface area contributed by atoms with Gasteiger partial charge in [0.25, 0.3) is 0 Å². The minimum Gasteiger partial charge on any atom is -0.444 e. The van der Waals surface area contributed by atoms with Gasteiger partial charge in [-0.25, -0.2) is 9.18 Å². The van der Waals surface area contributed by atoms with Crippen molar-refractivity contribution in [2.24, 2.45) is 11.7 Å². The molecule has 0 saturated carbocycles. The molecule has 1 amide bonds. The molecule has 1 saturated heterocycles. The molecule has 0 aromatic heterocycles. The summed E-state index contributed by atoms with van der Waals surface area (Å²) in [7, 11) is 0. The Kier molecular flexibility index (Phi) is 5.06. The van der Waals surface area contributed by atoms with Gasteiger partial charge in [-0.3, -0.25) is 0 Å². The number of hydrogen-bond acceptors (Lipinski definition) is 3. The molecule has 1 fully saturated rings. The van der Waals surface area contributed by atoms with Crippen molar-refractivity contribution in [2.75, 3.05) is 13.1 Å². The molecule has 0 bridgehead atoms. The van der Waals surface area contributed by atoms with Crippen LogP contribution in [-0.4, -0.2) is 35.7 Å². The van der Waals surface area contributed by atoms with Gasteiger partial charge >= 0.3 is 6.09 Å². The van der Waals surface area contributed by atoms with Crippen molar-refractivity contribution in [3.05, 3.63) is 35.6 Å². The monoisotopic (exact) mass is 308 g/mol. The number of likely N-dealkylation sites (tertiary alicyclic amines) is 1. The van der Waals surface area contributed by atoms with E-state index in [1.807, 2.05) is 26.8 Å². The highest BCUT2D eigenvalue weighted by atomic mass is 19.1. The lowest BCUT2D eigenvalue weighted by Crippen LogP contribution is -2.38. The van der Waals surface area contributed by atoms with Crippen molar-refractivity contribution in [3.8, 4) is 0 Å². The van der Waals surface area contributed by atoms with E-state index in [9.17, 15) is 9.18 Å². The summed E-state index contributed by atoms with van der Waals surface area (Å²) >= 11 is 0. The van der Waals surface area contributed by atoms with E-state index in [-0.39, 0.29) is 23.9 Å². The number of benzene rings is 1. The second-order valence-corrected chi connectivity index (χ2v) is 6.93. The Morgan fingerprint density at radius 2 is 2.14 bits per heavy atom. The third kappa shape index (κ3) is 4.44. The second kappa shape index (κ2) is 6.65. The Hall–Kier alpha value is -1.62. The molecule has 0 radical (unpaired) electrons. The number of rotatable bonds is 3. The molecule has 1 aromatic carbocycles. The van der Waals surface area contributed by atoms with Crippen LogP contribution < -0.4 is 5.73 Å². The SMILES string of the molecule is CC(C)(C)OC(=O)N1CCC(C(N)Cc2ccccc2F)C1. The van der Waals surface area contributed by atoms with Gasteiger partial charge in [-0.1, -0.05) is 18.2 Å². The molecule has 4 nitrogen and oxygen atoms in total. The van der Waals surface area contributed by atoms with Crippen molar-refractivity contribution in [1.82, 2.24) is 4.90 Å². The summed E-state index contributed by atoms with van der Waals surface area (Å²) in [5, 5.41) is 0. The average Bonchev–Trinajstić information content (AvgIpc) is 2.89. The van der Waals surface area contributed by atoms with Crippen molar-refractivity contribution >= 4 is 6.09 Å². The summed E-state index contributed by atoms with van der Waals surface area (Å²) in [6, 6.07) is 6.53. The van der Waals surface area contributed by atoms with E-state index in [4.69, 9.17) is 10.5 Å². The van der Waals surface area contributed by atoms with Gasteiger partial charge in [0.1, 0.15) is 11.4 Å². The van der Waals surface area contributed by atoms with E-state index < -0.39 is 5.60 Å². The van der Waals surface area contributed by atoms with Crippen LogP contribution in [0.15, 0.2) is 24.3 Å².